The Hall–Kier alpha value is -2.82. The van der Waals surface area contributed by atoms with Crippen molar-refractivity contribution in [1.82, 2.24) is 28.9 Å². The molecule has 3 aromatic rings. The maximum absolute atomic E-state index is 12.4. The molecule has 0 aliphatic heterocycles. The fourth-order valence-electron chi connectivity index (χ4n) is 2.78. The van der Waals surface area contributed by atoms with E-state index in [9.17, 15) is 14.4 Å². The fraction of sp³-hybridized carbons (Fsp3) is 0.500. The SMILES string of the molecule is CCCc1nnc(NC(=O)CCCn2cnc3c2c(=O)n(C)c(=O)n3C)s1. The van der Waals surface area contributed by atoms with Gasteiger partial charge in [-0.2, -0.15) is 0 Å². The first-order valence-corrected chi connectivity index (χ1v) is 9.47. The van der Waals surface area contributed by atoms with Crippen LogP contribution in [0.4, 0.5) is 5.13 Å². The summed E-state index contributed by atoms with van der Waals surface area (Å²) in [4.78, 5) is 40.6. The van der Waals surface area contributed by atoms with Crippen LogP contribution in [0.1, 0.15) is 31.2 Å². The normalized spacial score (nSPS) is 11.2. The second-order valence-electron chi connectivity index (χ2n) is 6.22. The number of nitrogens with zero attached hydrogens (tertiary/aromatic N) is 6. The van der Waals surface area contributed by atoms with Gasteiger partial charge in [-0.25, -0.2) is 9.78 Å². The minimum absolute atomic E-state index is 0.154. The van der Waals surface area contributed by atoms with Crippen molar-refractivity contribution in [2.45, 2.75) is 39.2 Å². The quantitative estimate of drug-likeness (QED) is 0.632. The molecule has 0 aliphatic carbocycles. The number of anilines is 1. The van der Waals surface area contributed by atoms with Gasteiger partial charge in [0.2, 0.25) is 11.0 Å². The average molecular weight is 391 g/mol. The molecule has 10 nitrogen and oxygen atoms in total. The molecule has 0 aliphatic rings. The lowest BCUT2D eigenvalue weighted by atomic mass is 10.3. The molecule has 0 atom stereocenters. The topological polar surface area (TPSA) is 117 Å². The molecular weight excluding hydrogens is 370 g/mol. The van der Waals surface area contributed by atoms with E-state index in [0.717, 1.165) is 22.4 Å². The van der Waals surface area contributed by atoms with Crippen LogP contribution in [0.2, 0.25) is 0 Å². The standard InChI is InChI=1S/C16H21N7O3S/c1-4-6-11-19-20-15(27-11)18-10(24)7-5-8-23-9-17-13-12(23)14(25)22(3)16(26)21(13)2/h9H,4-8H2,1-3H3,(H,18,20,24). The van der Waals surface area contributed by atoms with Crippen LogP contribution in [0, 0.1) is 0 Å². The predicted octanol–water partition coefficient (Wildman–Crippen LogP) is 0.657. The lowest BCUT2D eigenvalue weighted by molar-refractivity contribution is -0.116. The highest BCUT2D eigenvalue weighted by Gasteiger charge is 2.14. The zero-order chi connectivity index (χ0) is 19.6. The lowest BCUT2D eigenvalue weighted by Gasteiger charge is -2.06. The summed E-state index contributed by atoms with van der Waals surface area (Å²) < 4.78 is 4.06. The molecule has 27 heavy (non-hydrogen) atoms. The number of hydrogen-bond donors (Lipinski definition) is 1. The molecule has 11 heteroatoms. The van der Waals surface area contributed by atoms with E-state index in [1.54, 1.807) is 11.6 Å². The van der Waals surface area contributed by atoms with Crippen molar-refractivity contribution in [3.8, 4) is 0 Å². The third-order valence-electron chi connectivity index (χ3n) is 4.20. The van der Waals surface area contributed by atoms with Crippen LogP contribution < -0.4 is 16.6 Å². The molecule has 3 aromatic heterocycles. The Morgan fingerprint density at radius 2 is 2.00 bits per heavy atom. The van der Waals surface area contributed by atoms with Crippen LogP contribution >= 0.6 is 11.3 Å². The number of imidazole rings is 1. The van der Waals surface area contributed by atoms with Gasteiger partial charge < -0.3 is 9.88 Å². The summed E-state index contributed by atoms with van der Waals surface area (Å²) in [5.74, 6) is -0.154. The fourth-order valence-corrected chi connectivity index (χ4v) is 3.63. The molecule has 144 valence electrons. The van der Waals surface area contributed by atoms with Gasteiger partial charge in [-0.3, -0.25) is 18.7 Å². The van der Waals surface area contributed by atoms with Crippen molar-refractivity contribution in [1.29, 1.82) is 0 Å². The lowest BCUT2D eigenvalue weighted by Crippen LogP contribution is -2.37. The number of aryl methyl sites for hydroxylation is 3. The summed E-state index contributed by atoms with van der Waals surface area (Å²) in [6, 6.07) is 0. The molecule has 3 heterocycles. The number of aromatic nitrogens is 6. The second kappa shape index (κ2) is 7.82. The molecule has 0 bridgehead atoms. The summed E-state index contributed by atoms with van der Waals surface area (Å²) in [6.45, 7) is 2.50. The van der Waals surface area contributed by atoms with Crippen molar-refractivity contribution in [2.24, 2.45) is 14.1 Å². The first-order chi connectivity index (χ1) is 12.9. The summed E-state index contributed by atoms with van der Waals surface area (Å²) in [7, 11) is 3.01. The molecule has 1 N–H and O–H groups in total. The molecule has 0 aromatic carbocycles. The maximum atomic E-state index is 12.4. The smallest absolute Gasteiger partial charge is 0.325 e. The highest BCUT2D eigenvalue weighted by molar-refractivity contribution is 7.15. The summed E-state index contributed by atoms with van der Waals surface area (Å²) >= 11 is 1.38. The van der Waals surface area contributed by atoms with E-state index in [2.05, 4.69) is 27.4 Å². The van der Waals surface area contributed by atoms with E-state index in [1.165, 1.54) is 29.3 Å². The number of nitrogens with one attached hydrogen (secondary N) is 1. The van der Waals surface area contributed by atoms with Crippen molar-refractivity contribution < 1.29 is 4.79 Å². The minimum Gasteiger partial charge on any atom is -0.325 e. The van der Waals surface area contributed by atoms with Crippen LogP contribution in [0.3, 0.4) is 0 Å². The molecule has 0 saturated heterocycles. The number of carbonyl (C=O) groups excluding carboxylic acids is 1. The van der Waals surface area contributed by atoms with E-state index in [0.29, 0.717) is 29.3 Å². The Bertz CT molecular complexity index is 1090. The van der Waals surface area contributed by atoms with E-state index in [-0.39, 0.29) is 12.3 Å². The highest BCUT2D eigenvalue weighted by Crippen LogP contribution is 2.17. The zero-order valence-corrected chi connectivity index (χ0v) is 16.2. The molecule has 0 saturated carbocycles. The monoisotopic (exact) mass is 391 g/mol. The first-order valence-electron chi connectivity index (χ1n) is 8.65. The molecule has 0 radical (unpaired) electrons. The molecule has 0 spiro atoms. The van der Waals surface area contributed by atoms with Crippen molar-refractivity contribution in [2.75, 3.05) is 5.32 Å². The van der Waals surface area contributed by atoms with Gasteiger partial charge in [-0.05, 0) is 12.8 Å². The first kappa shape index (κ1) is 19.0. The van der Waals surface area contributed by atoms with E-state index in [4.69, 9.17) is 0 Å². The summed E-state index contributed by atoms with van der Waals surface area (Å²) in [5, 5.41) is 12.1. The van der Waals surface area contributed by atoms with Gasteiger partial charge in [0.25, 0.3) is 5.56 Å². The zero-order valence-electron chi connectivity index (χ0n) is 15.4. The highest BCUT2D eigenvalue weighted by atomic mass is 32.1. The van der Waals surface area contributed by atoms with Gasteiger partial charge in [0.15, 0.2) is 11.2 Å². The average Bonchev–Trinajstić information content (AvgIpc) is 3.25. The van der Waals surface area contributed by atoms with Gasteiger partial charge in [-0.1, -0.05) is 18.3 Å². The Morgan fingerprint density at radius 3 is 2.74 bits per heavy atom. The number of rotatable bonds is 7. The van der Waals surface area contributed by atoms with E-state index >= 15 is 0 Å². The number of carbonyl (C=O) groups is 1. The van der Waals surface area contributed by atoms with E-state index < -0.39 is 11.2 Å². The number of hydrogen-bond acceptors (Lipinski definition) is 7. The van der Waals surface area contributed by atoms with Gasteiger partial charge in [-0.15, -0.1) is 10.2 Å². The number of fused-ring (bicyclic) bond motifs is 1. The van der Waals surface area contributed by atoms with Gasteiger partial charge in [0, 0.05) is 33.5 Å². The molecule has 0 unspecified atom stereocenters. The summed E-state index contributed by atoms with van der Waals surface area (Å²) in [6.07, 6.45) is 4.13. The predicted molar refractivity (Wildman–Crippen MR) is 102 cm³/mol. The van der Waals surface area contributed by atoms with Crippen LogP contribution in [0.5, 0.6) is 0 Å². The van der Waals surface area contributed by atoms with Crippen LogP contribution in [-0.2, 0) is 31.9 Å². The van der Waals surface area contributed by atoms with E-state index in [1.807, 2.05) is 0 Å². The molecular formula is C16H21N7O3S. The van der Waals surface area contributed by atoms with Gasteiger partial charge in [0.05, 0.1) is 6.33 Å². The van der Waals surface area contributed by atoms with Crippen molar-refractivity contribution >= 4 is 33.5 Å². The third-order valence-corrected chi connectivity index (χ3v) is 5.10. The Balaban J connectivity index is 1.64. The summed E-state index contributed by atoms with van der Waals surface area (Å²) in [5.41, 5.74) is -0.123. The minimum atomic E-state index is -0.420. The van der Waals surface area contributed by atoms with Crippen LogP contribution in [0.25, 0.3) is 11.2 Å². The Labute approximate surface area is 158 Å². The van der Waals surface area contributed by atoms with Gasteiger partial charge >= 0.3 is 5.69 Å². The second-order valence-corrected chi connectivity index (χ2v) is 7.28. The number of amides is 1. The largest absolute Gasteiger partial charge is 0.332 e. The van der Waals surface area contributed by atoms with Crippen LogP contribution in [-0.4, -0.2) is 34.8 Å². The van der Waals surface area contributed by atoms with Crippen molar-refractivity contribution in [3.63, 3.8) is 0 Å². The van der Waals surface area contributed by atoms with Crippen molar-refractivity contribution in [3.05, 3.63) is 32.2 Å². The molecule has 3 rings (SSSR count). The van der Waals surface area contributed by atoms with Crippen LogP contribution in [0.15, 0.2) is 15.9 Å². The molecule has 0 fully saturated rings. The Kier molecular flexibility index (Phi) is 5.49. The molecule has 1 amide bonds. The third kappa shape index (κ3) is 3.82. The Morgan fingerprint density at radius 1 is 1.22 bits per heavy atom. The van der Waals surface area contributed by atoms with Gasteiger partial charge in [0.1, 0.15) is 5.01 Å². The maximum Gasteiger partial charge on any atom is 0.332 e.